The van der Waals surface area contributed by atoms with E-state index >= 15 is 0 Å². The zero-order chi connectivity index (χ0) is 20.6. The summed E-state index contributed by atoms with van der Waals surface area (Å²) < 4.78 is 2.26. The SMILES string of the molecule is CN=C(NCCCc1nnc(SC)n1CC(C)C)NCC(C)(C)c1cccs1. The standard InChI is InChI=1S/C20H34N6S2/c1-15(2)13-26-17(24-25-19(26)27-6)10-7-11-22-18(21-5)23-14-20(3,4)16-9-8-12-28-16/h8-9,12,15H,7,10-11,13-14H2,1-6H3,(H2,21,22,23). The van der Waals surface area contributed by atoms with Crippen LogP contribution in [0.3, 0.4) is 0 Å². The fourth-order valence-corrected chi connectivity index (χ4v) is 4.31. The summed E-state index contributed by atoms with van der Waals surface area (Å²) in [5.41, 5.74) is 0.0767. The smallest absolute Gasteiger partial charge is 0.191 e. The molecule has 0 spiro atoms. The van der Waals surface area contributed by atoms with Crippen molar-refractivity contribution in [2.45, 2.75) is 57.7 Å². The van der Waals surface area contributed by atoms with Crippen molar-refractivity contribution in [3.8, 4) is 0 Å². The average Bonchev–Trinajstić information content (AvgIpc) is 3.31. The Morgan fingerprint density at radius 3 is 2.71 bits per heavy atom. The first-order valence-electron chi connectivity index (χ1n) is 9.82. The number of thiophene rings is 1. The summed E-state index contributed by atoms with van der Waals surface area (Å²) in [6.07, 6.45) is 3.95. The summed E-state index contributed by atoms with van der Waals surface area (Å²) in [5.74, 6) is 2.49. The fraction of sp³-hybridized carbons (Fsp3) is 0.650. The van der Waals surface area contributed by atoms with E-state index < -0.39 is 0 Å². The molecule has 2 N–H and O–H groups in total. The second-order valence-electron chi connectivity index (χ2n) is 7.92. The molecule has 0 amide bonds. The lowest BCUT2D eigenvalue weighted by molar-refractivity contribution is 0.477. The van der Waals surface area contributed by atoms with Crippen LogP contribution in [0.2, 0.25) is 0 Å². The highest BCUT2D eigenvalue weighted by Gasteiger charge is 2.21. The third kappa shape index (κ3) is 6.51. The first-order valence-corrected chi connectivity index (χ1v) is 11.9. The Hall–Kier alpha value is -1.54. The summed E-state index contributed by atoms with van der Waals surface area (Å²) in [5, 5.41) is 18.7. The molecule has 0 aliphatic carbocycles. The molecule has 0 atom stereocenters. The number of guanidine groups is 1. The lowest BCUT2D eigenvalue weighted by Crippen LogP contribution is -2.43. The Balaban J connectivity index is 1.80. The summed E-state index contributed by atoms with van der Waals surface area (Å²) in [4.78, 5) is 5.73. The van der Waals surface area contributed by atoms with Crippen molar-refractivity contribution in [1.29, 1.82) is 0 Å². The molecule has 156 valence electrons. The molecule has 2 rings (SSSR count). The first-order chi connectivity index (χ1) is 13.4. The van der Waals surface area contributed by atoms with Crippen molar-refractivity contribution in [3.63, 3.8) is 0 Å². The molecule has 0 aliphatic rings. The van der Waals surface area contributed by atoms with Gasteiger partial charge in [-0.15, -0.1) is 21.5 Å². The van der Waals surface area contributed by atoms with Gasteiger partial charge < -0.3 is 15.2 Å². The molecule has 0 radical (unpaired) electrons. The van der Waals surface area contributed by atoms with Gasteiger partial charge in [0.05, 0.1) is 0 Å². The van der Waals surface area contributed by atoms with Crippen molar-refractivity contribution >= 4 is 29.1 Å². The van der Waals surface area contributed by atoms with Crippen LogP contribution < -0.4 is 10.6 Å². The van der Waals surface area contributed by atoms with Gasteiger partial charge >= 0.3 is 0 Å². The van der Waals surface area contributed by atoms with Gasteiger partial charge in [0.25, 0.3) is 0 Å². The van der Waals surface area contributed by atoms with Crippen LogP contribution >= 0.6 is 23.1 Å². The van der Waals surface area contributed by atoms with E-state index in [0.29, 0.717) is 5.92 Å². The van der Waals surface area contributed by atoms with Crippen LogP contribution in [0, 0.1) is 5.92 Å². The average molecular weight is 423 g/mol. The predicted octanol–water partition coefficient (Wildman–Crippen LogP) is 3.79. The molecule has 0 aromatic carbocycles. The molecule has 28 heavy (non-hydrogen) atoms. The highest BCUT2D eigenvalue weighted by molar-refractivity contribution is 7.98. The largest absolute Gasteiger partial charge is 0.356 e. The third-order valence-electron chi connectivity index (χ3n) is 4.50. The van der Waals surface area contributed by atoms with Gasteiger partial charge in [0, 0.05) is 43.4 Å². The predicted molar refractivity (Wildman–Crippen MR) is 122 cm³/mol. The Kier molecular flexibility index (Phi) is 8.82. The van der Waals surface area contributed by atoms with Gasteiger partial charge in [0.15, 0.2) is 11.1 Å². The normalized spacial score (nSPS) is 12.6. The van der Waals surface area contributed by atoms with Gasteiger partial charge in [-0.3, -0.25) is 4.99 Å². The highest BCUT2D eigenvalue weighted by Crippen LogP contribution is 2.26. The Morgan fingerprint density at radius 2 is 2.11 bits per heavy atom. The number of aliphatic imine (C=N–C) groups is 1. The quantitative estimate of drug-likeness (QED) is 0.264. The fourth-order valence-electron chi connectivity index (χ4n) is 2.93. The molecule has 2 heterocycles. The van der Waals surface area contributed by atoms with Crippen molar-refractivity contribution in [2.24, 2.45) is 10.9 Å². The zero-order valence-corrected chi connectivity index (χ0v) is 19.6. The number of aryl methyl sites for hydroxylation is 1. The molecule has 0 saturated heterocycles. The molecule has 8 heteroatoms. The second-order valence-corrected chi connectivity index (χ2v) is 9.65. The minimum atomic E-state index is 0.0767. The summed E-state index contributed by atoms with van der Waals surface area (Å²) in [6.45, 7) is 11.6. The number of hydrogen-bond donors (Lipinski definition) is 2. The van der Waals surface area contributed by atoms with Crippen LogP contribution in [0.5, 0.6) is 0 Å². The number of nitrogens with zero attached hydrogens (tertiary/aromatic N) is 4. The number of aromatic nitrogens is 3. The molecule has 6 nitrogen and oxygen atoms in total. The number of hydrogen-bond acceptors (Lipinski definition) is 5. The van der Waals surface area contributed by atoms with E-state index in [9.17, 15) is 0 Å². The lowest BCUT2D eigenvalue weighted by Gasteiger charge is -2.25. The minimum Gasteiger partial charge on any atom is -0.356 e. The minimum absolute atomic E-state index is 0.0767. The topological polar surface area (TPSA) is 67.1 Å². The Labute approximate surface area is 177 Å². The molecule has 0 unspecified atom stereocenters. The zero-order valence-electron chi connectivity index (χ0n) is 18.0. The molecule has 0 bridgehead atoms. The summed E-state index contributed by atoms with van der Waals surface area (Å²) >= 11 is 3.46. The van der Waals surface area contributed by atoms with Crippen LogP contribution in [0.15, 0.2) is 27.7 Å². The van der Waals surface area contributed by atoms with Crippen LogP contribution in [0.1, 0.15) is 44.8 Å². The van der Waals surface area contributed by atoms with E-state index in [1.165, 1.54) is 4.88 Å². The van der Waals surface area contributed by atoms with Crippen molar-refractivity contribution in [2.75, 3.05) is 26.4 Å². The number of thioether (sulfide) groups is 1. The lowest BCUT2D eigenvalue weighted by atomic mass is 9.91. The molecule has 2 aromatic heterocycles. The van der Waals surface area contributed by atoms with Gasteiger partial charge in [0.2, 0.25) is 0 Å². The monoisotopic (exact) mass is 422 g/mol. The number of rotatable bonds is 10. The molecule has 0 fully saturated rings. The maximum atomic E-state index is 4.39. The molecular weight excluding hydrogens is 388 g/mol. The second kappa shape index (κ2) is 10.9. The van der Waals surface area contributed by atoms with Gasteiger partial charge in [-0.1, -0.05) is 45.5 Å². The molecule has 2 aromatic rings. The first kappa shape index (κ1) is 22.7. The number of nitrogens with one attached hydrogen (secondary N) is 2. The van der Waals surface area contributed by atoms with E-state index in [-0.39, 0.29) is 5.41 Å². The maximum Gasteiger partial charge on any atom is 0.191 e. The molecule has 0 saturated carbocycles. The van der Waals surface area contributed by atoms with Crippen LogP contribution in [0.25, 0.3) is 0 Å². The van der Waals surface area contributed by atoms with Crippen LogP contribution in [-0.4, -0.2) is 47.1 Å². The van der Waals surface area contributed by atoms with E-state index in [1.54, 1.807) is 23.1 Å². The Bertz CT molecular complexity index is 734. The van der Waals surface area contributed by atoms with Gasteiger partial charge in [-0.2, -0.15) is 0 Å². The van der Waals surface area contributed by atoms with E-state index in [4.69, 9.17) is 0 Å². The van der Waals surface area contributed by atoms with Gasteiger partial charge in [-0.05, 0) is 30.0 Å². The Morgan fingerprint density at radius 1 is 1.32 bits per heavy atom. The van der Waals surface area contributed by atoms with E-state index in [2.05, 4.69) is 81.9 Å². The van der Waals surface area contributed by atoms with Crippen molar-refractivity contribution < 1.29 is 0 Å². The van der Waals surface area contributed by atoms with Crippen molar-refractivity contribution in [3.05, 3.63) is 28.2 Å². The van der Waals surface area contributed by atoms with Crippen LogP contribution in [0.4, 0.5) is 0 Å². The third-order valence-corrected chi connectivity index (χ3v) is 6.41. The van der Waals surface area contributed by atoms with Gasteiger partial charge in [0.1, 0.15) is 5.82 Å². The maximum absolute atomic E-state index is 4.39. The van der Waals surface area contributed by atoms with Gasteiger partial charge in [-0.25, -0.2) is 0 Å². The highest BCUT2D eigenvalue weighted by atomic mass is 32.2. The molecule has 0 aliphatic heterocycles. The molecular formula is C20H34N6S2. The van der Waals surface area contributed by atoms with Crippen molar-refractivity contribution in [1.82, 2.24) is 25.4 Å². The van der Waals surface area contributed by atoms with E-state index in [1.807, 2.05) is 7.05 Å². The van der Waals surface area contributed by atoms with Crippen LogP contribution in [-0.2, 0) is 18.4 Å². The van der Waals surface area contributed by atoms with E-state index in [0.717, 1.165) is 49.4 Å². The summed E-state index contributed by atoms with van der Waals surface area (Å²) in [7, 11) is 1.82. The summed E-state index contributed by atoms with van der Waals surface area (Å²) in [6, 6.07) is 4.30.